The first-order valence-electron chi connectivity index (χ1n) is 16.9. The number of hydrogen-bond acceptors (Lipinski definition) is 7. The largest absolute Gasteiger partial charge is 0.492 e. The highest BCUT2D eigenvalue weighted by molar-refractivity contribution is 7.99. The maximum Gasteiger partial charge on any atom is 0.211 e. The van der Waals surface area contributed by atoms with Crippen LogP contribution in [0.3, 0.4) is 0 Å². The van der Waals surface area contributed by atoms with Gasteiger partial charge >= 0.3 is 0 Å². The highest BCUT2D eigenvalue weighted by Gasteiger charge is 2.31. The van der Waals surface area contributed by atoms with Gasteiger partial charge in [-0.1, -0.05) is 121 Å². The van der Waals surface area contributed by atoms with Gasteiger partial charge < -0.3 is 23.7 Å². The van der Waals surface area contributed by atoms with Crippen LogP contribution in [-0.4, -0.2) is 47.1 Å². The zero-order valence-electron chi connectivity index (χ0n) is 28.8. The molecule has 45 heavy (non-hydrogen) atoms. The summed E-state index contributed by atoms with van der Waals surface area (Å²) >= 11 is 1.89. The molecule has 0 saturated heterocycles. The van der Waals surface area contributed by atoms with E-state index in [9.17, 15) is 4.79 Å². The third-order valence-corrected chi connectivity index (χ3v) is 9.22. The Labute approximate surface area is 277 Å². The second-order valence-corrected chi connectivity index (χ2v) is 12.6. The minimum atomic E-state index is -0.301. The molecule has 0 amide bonds. The molecule has 7 heteroatoms. The number of hydrogen-bond donors (Lipinski definition) is 0. The lowest BCUT2D eigenvalue weighted by Crippen LogP contribution is -2.08. The molecule has 0 aromatic heterocycles. The predicted octanol–water partition coefficient (Wildman–Crippen LogP) is 11.0. The molecule has 0 heterocycles. The van der Waals surface area contributed by atoms with Crippen LogP contribution in [0.1, 0.15) is 126 Å². The summed E-state index contributed by atoms with van der Waals surface area (Å²) < 4.78 is 27.6. The fourth-order valence-electron chi connectivity index (χ4n) is 5.58. The smallest absolute Gasteiger partial charge is 0.211 e. The van der Waals surface area contributed by atoms with Gasteiger partial charge in [0.15, 0.2) is 17.3 Å². The lowest BCUT2D eigenvalue weighted by Gasteiger charge is -2.21. The first-order valence-corrected chi connectivity index (χ1v) is 17.9. The monoisotopic (exact) mass is 642 g/mol. The van der Waals surface area contributed by atoms with E-state index in [-0.39, 0.29) is 34.3 Å². The predicted molar refractivity (Wildman–Crippen MR) is 189 cm³/mol. The summed E-state index contributed by atoms with van der Waals surface area (Å²) in [5.41, 5.74) is 1.14. The lowest BCUT2D eigenvalue weighted by molar-refractivity contribution is 0.104. The Morgan fingerprint density at radius 2 is 0.933 bits per heavy atom. The van der Waals surface area contributed by atoms with Crippen molar-refractivity contribution in [1.29, 1.82) is 0 Å². The second kappa shape index (κ2) is 23.5. The number of carbonyl (C=O) groups is 1. The number of methoxy groups -OCH3 is 5. The quantitative estimate of drug-likeness (QED) is 0.0438. The van der Waals surface area contributed by atoms with Crippen molar-refractivity contribution < 1.29 is 28.5 Å². The minimum absolute atomic E-state index is 0.205. The SMILES string of the molecule is CCCCCCCCCCCCCCCCCCSc1ccc(C=CC(=O)c2c(OC)c(OC)c(OC)c(OC)c2OC)cc1. The minimum Gasteiger partial charge on any atom is -0.492 e. The Hall–Kier alpha value is -2.80. The molecule has 0 fully saturated rings. The summed E-state index contributed by atoms with van der Waals surface area (Å²) in [4.78, 5) is 14.6. The Morgan fingerprint density at radius 3 is 1.33 bits per heavy atom. The molecule has 0 saturated carbocycles. The van der Waals surface area contributed by atoms with Crippen molar-refractivity contribution in [2.45, 2.75) is 115 Å². The van der Waals surface area contributed by atoms with Crippen LogP contribution in [0.5, 0.6) is 28.7 Å². The van der Waals surface area contributed by atoms with Gasteiger partial charge in [-0.05, 0) is 35.9 Å². The fraction of sp³-hybridized carbons (Fsp3) is 0.605. The van der Waals surface area contributed by atoms with Gasteiger partial charge in [-0.3, -0.25) is 4.79 Å². The molecule has 0 aliphatic rings. The summed E-state index contributed by atoms with van der Waals surface area (Å²) in [6.45, 7) is 2.29. The van der Waals surface area contributed by atoms with E-state index in [2.05, 4.69) is 19.1 Å². The zero-order chi connectivity index (χ0) is 32.7. The van der Waals surface area contributed by atoms with Gasteiger partial charge in [-0.2, -0.15) is 0 Å². The van der Waals surface area contributed by atoms with E-state index in [4.69, 9.17) is 23.7 Å². The summed E-state index contributed by atoms with van der Waals surface area (Å²) in [6, 6.07) is 8.29. The number of allylic oxidation sites excluding steroid dienone is 1. The van der Waals surface area contributed by atoms with Gasteiger partial charge in [0.25, 0.3) is 0 Å². The summed E-state index contributed by atoms with van der Waals surface area (Å²) in [7, 11) is 7.40. The number of unbranched alkanes of at least 4 members (excludes halogenated alkanes) is 15. The molecule has 2 aromatic rings. The van der Waals surface area contributed by atoms with Gasteiger partial charge in [0.05, 0.1) is 35.5 Å². The molecule has 0 unspecified atom stereocenters. The number of ether oxygens (including phenoxy) is 5. The molecule has 0 N–H and O–H groups in total. The molecule has 0 aliphatic heterocycles. The number of carbonyl (C=O) groups excluding carboxylic acids is 1. The Balaban J connectivity index is 1.70. The van der Waals surface area contributed by atoms with Crippen molar-refractivity contribution in [1.82, 2.24) is 0 Å². The third kappa shape index (κ3) is 13.2. The van der Waals surface area contributed by atoms with Crippen LogP contribution in [0.4, 0.5) is 0 Å². The van der Waals surface area contributed by atoms with E-state index in [1.165, 1.54) is 149 Å². The normalized spacial score (nSPS) is 11.2. The van der Waals surface area contributed by atoms with E-state index in [1.54, 1.807) is 6.08 Å². The Morgan fingerprint density at radius 1 is 0.556 bits per heavy atom. The van der Waals surface area contributed by atoms with Crippen molar-refractivity contribution in [3.8, 4) is 28.7 Å². The van der Waals surface area contributed by atoms with Crippen LogP contribution in [0.2, 0.25) is 0 Å². The maximum absolute atomic E-state index is 13.4. The van der Waals surface area contributed by atoms with Crippen LogP contribution in [0.15, 0.2) is 35.2 Å². The first-order chi connectivity index (χ1) is 22.1. The average molecular weight is 643 g/mol. The second-order valence-electron chi connectivity index (χ2n) is 11.5. The molecule has 0 spiro atoms. The molecule has 2 aromatic carbocycles. The van der Waals surface area contributed by atoms with Crippen LogP contribution < -0.4 is 23.7 Å². The van der Waals surface area contributed by atoms with Gasteiger partial charge in [-0.15, -0.1) is 11.8 Å². The van der Waals surface area contributed by atoms with Crippen molar-refractivity contribution in [3.63, 3.8) is 0 Å². The van der Waals surface area contributed by atoms with Gasteiger partial charge in [0.2, 0.25) is 17.2 Å². The van der Waals surface area contributed by atoms with Gasteiger partial charge in [-0.25, -0.2) is 0 Å². The topological polar surface area (TPSA) is 63.2 Å². The van der Waals surface area contributed by atoms with Crippen molar-refractivity contribution in [2.75, 3.05) is 41.3 Å². The molecule has 0 atom stereocenters. The van der Waals surface area contributed by atoms with E-state index < -0.39 is 0 Å². The zero-order valence-corrected chi connectivity index (χ0v) is 29.7. The highest BCUT2D eigenvalue weighted by atomic mass is 32.2. The fourth-order valence-corrected chi connectivity index (χ4v) is 6.49. The summed E-state index contributed by atoms with van der Waals surface area (Å²) in [5, 5.41) is 0. The number of thioether (sulfide) groups is 1. The Kier molecular flexibility index (Phi) is 20.1. The highest BCUT2D eigenvalue weighted by Crippen LogP contribution is 2.53. The molecule has 252 valence electrons. The van der Waals surface area contributed by atoms with Gasteiger partial charge in [0, 0.05) is 4.90 Å². The first kappa shape index (κ1) is 38.4. The Bertz CT molecular complexity index is 1100. The number of rotatable bonds is 26. The van der Waals surface area contributed by atoms with Crippen molar-refractivity contribution >= 4 is 23.6 Å². The number of benzene rings is 2. The van der Waals surface area contributed by atoms with E-state index in [0.29, 0.717) is 5.75 Å². The van der Waals surface area contributed by atoms with Crippen LogP contribution in [-0.2, 0) is 0 Å². The van der Waals surface area contributed by atoms with Crippen LogP contribution in [0.25, 0.3) is 6.08 Å². The molecule has 2 rings (SSSR count). The van der Waals surface area contributed by atoms with E-state index in [1.807, 2.05) is 23.9 Å². The molecule has 6 nitrogen and oxygen atoms in total. The molecule has 0 radical (unpaired) electrons. The molecular weight excluding hydrogens is 584 g/mol. The molecular formula is C38H58O6S. The number of ketones is 1. The maximum atomic E-state index is 13.4. The molecule has 0 bridgehead atoms. The van der Waals surface area contributed by atoms with E-state index in [0.717, 1.165) is 11.3 Å². The third-order valence-electron chi connectivity index (χ3n) is 8.12. The van der Waals surface area contributed by atoms with Crippen molar-refractivity contribution in [2.24, 2.45) is 0 Å². The van der Waals surface area contributed by atoms with Gasteiger partial charge in [0.1, 0.15) is 5.56 Å². The molecule has 0 aliphatic carbocycles. The summed E-state index contributed by atoms with van der Waals surface area (Å²) in [5.74, 6) is 2.10. The lowest BCUT2D eigenvalue weighted by atomic mass is 10.0. The average Bonchev–Trinajstić information content (AvgIpc) is 3.07. The van der Waals surface area contributed by atoms with Crippen molar-refractivity contribution in [3.05, 3.63) is 41.5 Å². The standard InChI is InChI=1S/C38H58O6S/c1-7-8-9-10-11-12-13-14-15-16-17-18-19-20-21-22-29-45-31-26-23-30(24-27-31)25-28-32(39)33-34(40-2)36(42-4)38(44-6)37(43-5)35(33)41-3/h23-28H,7-22,29H2,1-6H3. The summed E-state index contributed by atoms with van der Waals surface area (Å²) in [6.07, 6.45) is 25.6. The van der Waals surface area contributed by atoms with E-state index >= 15 is 0 Å². The van der Waals surface area contributed by atoms with Crippen LogP contribution >= 0.6 is 11.8 Å². The van der Waals surface area contributed by atoms with Crippen LogP contribution in [0, 0.1) is 0 Å².